The fourth-order valence-electron chi connectivity index (χ4n) is 3.45. The summed E-state index contributed by atoms with van der Waals surface area (Å²) < 4.78 is 0. The predicted molar refractivity (Wildman–Crippen MR) is 96.5 cm³/mol. The first-order valence-electron chi connectivity index (χ1n) is 8.18. The quantitative estimate of drug-likeness (QED) is 0.843. The summed E-state index contributed by atoms with van der Waals surface area (Å²) in [6, 6.07) is 16.7. The van der Waals surface area contributed by atoms with Crippen LogP contribution < -0.4 is 9.80 Å². The highest BCUT2D eigenvalue weighted by molar-refractivity contribution is 7.99. The van der Waals surface area contributed by atoms with Gasteiger partial charge in [0.15, 0.2) is 0 Å². The molecule has 0 unspecified atom stereocenters. The van der Waals surface area contributed by atoms with E-state index in [1.165, 1.54) is 16.1 Å². The van der Waals surface area contributed by atoms with E-state index >= 15 is 0 Å². The summed E-state index contributed by atoms with van der Waals surface area (Å²) >= 11 is 1.84. The Morgan fingerprint density at radius 3 is 2.70 bits per heavy atom. The fraction of sp³-hybridized carbons (Fsp3) is 0.316. The van der Waals surface area contributed by atoms with Gasteiger partial charge < -0.3 is 9.80 Å². The van der Waals surface area contributed by atoms with Crippen molar-refractivity contribution in [2.24, 2.45) is 0 Å². The molecule has 0 spiro atoms. The van der Waals surface area contributed by atoms with Crippen molar-refractivity contribution < 1.29 is 4.79 Å². The Morgan fingerprint density at radius 1 is 1.00 bits per heavy atom. The van der Waals surface area contributed by atoms with Crippen molar-refractivity contribution in [3.05, 3.63) is 54.1 Å². The Hall–Kier alpha value is -1.94. The number of nitrogens with zero attached hydrogens (tertiary/aromatic N) is 2. The number of fused-ring (bicyclic) bond motifs is 2. The highest BCUT2D eigenvalue weighted by atomic mass is 32.2. The van der Waals surface area contributed by atoms with Gasteiger partial charge in [-0.05, 0) is 36.6 Å². The van der Waals surface area contributed by atoms with E-state index in [0.29, 0.717) is 6.54 Å². The third kappa shape index (κ3) is 2.83. The van der Waals surface area contributed by atoms with Crippen molar-refractivity contribution in [3.8, 4) is 0 Å². The van der Waals surface area contributed by atoms with Crippen LogP contribution in [0.2, 0.25) is 0 Å². The van der Waals surface area contributed by atoms with Crippen molar-refractivity contribution in [2.75, 3.05) is 35.2 Å². The smallest absolute Gasteiger partial charge is 0.246 e. The van der Waals surface area contributed by atoms with Crippen molar-refractivity contribution >= 4 is 29.0 Å². The van der Waals surface area contributed by atoms with Crippen molar-refractivity contribution in [2.45, 2.75) is 17.7 Å². The van der Waals surface area contributed by atoms with Gasteiger partial charge in [0.1, 0.15) is 0 Å². The molecule has 0 bridgehead atoms. The zero-order valence-electron chi connectivity index (χ0n) is 13.1. The zero-order valence-corrected chi connectivity index (χ0v) is 13.9. The fourth-order valence-corrected chi connectivity index (χ4v) is 4.45. The maximum Gasteiger partial charge on any atom is 0.246 e. The highest BCUT2D eigenvalue weighted by Crippen LogP contribution is 2.34. The van der Waals surface area contributed by atoms with Crippen LogP contribution in [-0.2, 0) is 11.2 Å². The van der Waals surface area contributed by atoms with E-state index < -0.39 is 0 Å². The van der Waals surface area contributed by atoms with Gasteiger partial charge in [0.25, 0.3) is 0 Å². The van der Waals surface area contributed by atoms with Gasteiger partial charge in [-0.1, -0.05) is 30.3 Å². The van der Waals surface area contributed by atoms with E-state index in [-0.39, 0.29) is 5.91 Å². The van der Waals surface area contributed by atoms with Gasteiger partial charge in [-0.3, -0.25) is 4.79 Å². The molecule has 2 aliphatic heterocycles. The average molecular weight is 324 g/mol. The number of benzene rings is 2. The molecule has 2 heterocycles. The third-order valence-corrected chi connectivity index (χ3v) is 5.61. The SMILES string of the molecule is O=C(CN1CCCc2ccccc21)N1CCSc2ccccc21. The Kier molecular flexibility index (Phi) is 4.00. The van der Waals surface area contributed by atoms with Gasteiger partial charge in [-0.15, -0.1) is 11.8 Å². The van der Waals surface area contributed by atoms with Crippen LogP contribution in [0.3, 0.4) is 0 Å². The van der Waals surface area contributed by atoms with Gasteiger partial charge in [0, 0.05) is 29.4 Å². The molecule has 0 aliphatic carbocycles. The second-order valence-corrected chi connectivity index (χ2v) is 7.15. The topological polar surface area (TPSA) is 23.6 Å². The lowest BCUT2D eigenvalue weighted by atomic mass is 10.0. The lowest BCUT2D eigenvalue weighted by Crippen LogP contribution is -2.44. The Balaban J connectivity index is 1.56. The Bertz CT molecular complexity index is 731. The summed E-state index contributed by atoms with van der Waals surface area (Å²) in [5, 5.41) is 0. The minimum absolute atomic E-state index is 0.203. The van der Waals surface area contributed by atoms with E-state index in [2.05, 4.69) is 41.3 Å². The molecule has 118 valence electrons. The molecule has 0 atom stereocenters. The monoisotopic (exact) mass is 324 g/mol. The van der Waals surface area contributed by atoms with E-state index in [4.69, 9.17) is 0 Å². The van der Waals surface area contributed by atoms with Crippen molar-refractivity contribution in [3.63, 3.8) is 0 Å². The first-order chi connectivity index (χ1) is 11.3. The molecule has 0 aromatic heterocycles. The van der Waals surface area contributed by atoms with E-state index in [1.807, 2.05) is 28.8 Å². The predicted octanol–water partition coefficient (Wildman–Crippen LogP) is 3.58. The number of amides is 1. The number of hydrogen-bond acceptors (Lipinski definition) is 3. The first kappa shape index (κ1) is 14.6. The average Bonchev–Trinajstić information content (AvgIpc) is 2.61. The molecule has 2 aliphatic rings. The minimum atomic E-state index is 0.203. The number of rotatable bonds is 2. The Labute approximate surface area is 141 Å². The van der Waals surface area contributed by atoms with Crippen LogP contribution in [0.4, 0.5) is 11.4 Å². The van der Waals surface area contributed by atoms with Gasteiger partial charge in [0.05, 0.1) is 12.2 Å². The van der Waals surface area contributed by atoms with E-state index in [0.717, 1.165) is 37.4 Å². The molecule has 0 radical (unpaired) electrons. The minimum Gasteiger partial charge on any atom is -0.362 e. The van der Waals surface area contributed by atoms with Crippen LogP contribution in [0.5, 0.6) is 0 Å². The van der Waals surface area contributed by atoms with Gasteiger partial charge in [-0.2, -0.15) is 0 Å². The molecule has 4 rings (SSSR count). The summed E-state index contributed by atoms with van der Waals surface area (Å²) in [5.41, 5.74) is 3.66. The van der Waals surface area contributed by atoms with E-state index in [9.17, 15) is 4.79 Å². The molecule has 2 aromatic rings. The van der Waals surface area contributed by atoms with Crippen molar-refractivity contribution in [1.82, 2.24) is 0 Å². The summed E-state index contributed by atoms with van der Waals surface area (Å²) in [5.74, 6) is 1.17. The molecule has 0 N–H and O–H groups in total. The number of para-hydroxylation sites is 2. The number of hydrogen-bond donors (Lipinski definition) is 0. The molecule has 2 aromatic carbocycles. The molecular weight excluding hydrogens is 304 g/mol. The van der Waals surface area contributed by atoms with Crippen LogP contribution in [0.25, 0.3) is 0 Å². The largest absolute Gasteiger partial charge is 0.362 e. The number of carbonyl (C=O) groups is 1. The van der Waals surface area contributed by atoms with Gasteiger partial charge in [-0.25, -0.2) is 0 Å². The maximum absolute atomic E-state index is 12.9. The molecular formula is C19H20N2OS. The maximum atomic E-state index is 12.9. The second-order valence-electron chi connectivity index (χ2n) is 6.02. The molecule has 0 fully saturated rings. The number of aryl methyl sites for hydroxylation is 1. The van der Waals surface area contributed by atoms with Crippen LogP contribution in [-0.4, -0.2) is 31.3 Å². The normalized spacial score (nSPS) is 16.7. The molecule has 23 heavy (non-hydrogen) atoms. The van der Waals surface area contributed by atoms with Crippen LogP contribution in [0, 0.1) is 0 Å². The zero-order chi connectivity index (χ0) is 15.6. The molecule has 1 amide bonds. The third-order valence-electron chi connectivity index (χ3n) is 4.56. The van der Waals surface area contributed by atoms with Crippen LogP contribution in [0.15, 0.2) is 53.4 Å². The second kappa shape index (κ2) is 6.28. The Morgan fingerprint density at radius 2 is 1.78 bits per heavy atom. The van der Waals surface area contributed by atoms with Crippen LogP contribution in [0.1, 0.15) is 12.0 Å². The van der Waals surface area contributed by atoms with Crippen molar-refractivity contribution in [1.29, 1.82) is 0 Å². The molecule has 4 heteroatoms. The summed E-state index contributed by atoms with van der Waals surface area (Å²) in [6.07, 6.45) is 2.24. The number of thioether (sulfide) groups is 1. The molecule has 0 saturated carbocycles. The lowest BCUT2D eigenvalue weighted by molar-refractivity contribution is -0.117. The highest BCUT2D eigenvalue weighted by Gasteiger charge is 2.25. The van der Waals surface area contributed by atoms with Gasteiger partial charge >= 0.3 is 0 Å². The first-order valence-corrected chi connectivity index (χ1v) is 9.16. The summed E-state index contributed by atoms with van der Waals surface area (Å²) in [7, 11) is 0. The summed E-state index contributed by atoms with van der Waals surface area (Å²) in [6.45, 7) is 2.24. The number of carbonyl (C=O) groups excluding carboxylic acids is 1. The standard InChI is InChI=1S/C19H20N2OS/c22-19(21-12-13-23-18-10-4-3-9-17(18)21)14-20-11-5-7-15-6-1-2-8-16(15)20/h1-4,6,8-10H,5,7,11-14H2. The lowest BCUT2D eigenvalue weighted by Gasteiger charge is -2.34. The number of anilines is 2. The summed E-state index contributed by atoms with van der Waals surface area (Å²) in [4.78, 5) is 18.3. The van der Waals surface area contributed by atoms with E-state index in [1.54, 1.807) is 0 Å². The van der Waals surface area contributed by atoms with Gasteiger partial charge in [0.2, 0.25) is 5.91 Å². The van der Waals surface area contributed by atoms with Crippen LogP contribution >= 0.6 is 11.8 Å². The molecule has 0 saturated heterocycles. The molecule has 3 nitrogen and oxygen atoms in total.